The number of rotatable bonds is 8. The molecule has 29 heavy (non-hydrogen) atoms. The lowest BCUT2D eigenvalue weighted by atomic mass is 10.0. The summed E-state index contributed by atoms with van der Waals surface area (Å²) >= 11 is 6.32. The van der Waals surface area contributed by atoms with Crippen LogP contribution in [0.5, 0.6) is 0 Å². The second kappa shape index (κ2) is 10.4. The third-order valence-electron chi connectivity index (χ3n) is 5.39. The van der Waals surface area contributed by atoms with Gasteiger partial charge in [-0.2, -0.15) is 0 Å². The van der Waals surface area contributed by atoms with Gasteiger partial charge in [-0.1, -0.05) is 54.9 Å². The second-order valence-electron chi connectivity index (χ2n) is 7.70. The van der Waals surface area contributed by atoms with Gasteiger partial charge in [0.1, 0.15) is 6.04 Å². The van der Waals surface area contributed by atoms with Gasteiger partial charge >= 0.3 is 0 Å². The first-order chi connectivity index (χ1) is 13.7. The van der Waals surface area contributed by atoms with Crippen LogP contribution in [0.2, 0.25) is 5.02 Å². The summed E-state index contributed by atoms with van der Waals surface area (Å²) in [4.78, 5) is 27.6. The standard InChI is InChI=1S/C24H31ClN2O2/c1-6-18(4)26-24(29)19(5)27(15-21-9-7-8-10-22(21)25)23(28)14-20-12-11-16(2)17(3)13-20/h7-13,18-19H,6,14-15H2,1-5H3,(H,26,29). The fourth-order valence-corrected chi connectivity index (χ4v) is 3.24. The predicted octanol–water partition coefficient (Wildman–Crippen LogP) is 4.83. The number of amides is 2. The molecule has 2 amide bonds. The highest BCUT2D eigenvalue weighted by Gasteiger charge is 2.27. The molecule has 0 bridgehead atoms. The maximum atomic E-state index is 13.2. The van der Waals surface area contributed by atoms with Crippen molar-refractivity contribution in [2.24, 2.45) is 0 Å². The molecule has 0 aliphatic carbocycles. The van der Waals surface area contributed by atoms with Crippen LogP contribution in [0.4, 0.5) is 0 Å². The van der Waals surface area contributed by atoms with E-state index in [-0.39, 0.29) is 24.3 Å². The molecular weight excluding hydrogens is 384 g/mol. The van der Waals surface area contributed by atoms with Crippen molar-refractivity contribution in [3.8, 4) is 0 Å². The minimum atomic E-state index is -0.598. The predicted molar refractivity (Wildman–Crippen MR) is 119 cm³/mol. The van der Waals surface area contributed by atoms with Crippen molar-refractivity contribution >= 4 is 23.4 Å². The lowest BCUT2D eigenvalue weighted by Crippen LogP contribution is -2.49. The van der Waals surface area contributed by atoms with Crippen molar-refractivity contribution in [1.29, 1.82) is 0 Å². The second-order valence-corrected chi connectivity index (χ2v) is 8.11. The summed E-state index contributed by atoms with van der Waals surface area (Å²) in [5.41, 5.74) is 4.11. The molecular formula is C24H31ClN2O2. The molecule has 5 heteroatoms. The number of halogens is 1. The molecule has 0 aliphatic rings. The SMILES string of the molecule is CCC(C)NC(=O)C(C)N(Cc1ccccc1Cl)C(=O)Cc1ccc(C)c(C)c1. The van der Waals surface area contributed by atoms with Gasteiger partial charge in [0.05, 0.1) is 6.42 Å². The first-order valence-electron chi connectivity index (χ1n) is 10.1. The van der Waals surface area contributed by atoms with Crippen LogP contribution in [-0.4, -0.2) is 28.8 Å². The van der Waals surface area contributed by atoms with Crippen LogP contribution < -0.4 is 5.32 Å². The topological polar surface area (TPSA) is 49.4 Å². The summed E-state index contributed by atoms with van der Waals surface area (Å²) in [6.07, 6.45) is 1.08. The molecule has 2 rings (SSSR count). The molecule has 2 aromatic carbocycles. The number of nitrogens with one attached hydrogen (secondary N) is 1. The largest absolute Gasteiger partial charge is 0.352 e. The van der Waals surface area contributed by atoms with Crippen LogP contribution in [0, 0.1) is 13.8 Å². The zero-order valence-corrected chi connectivity index (χ0v) is 18.7. The average Bonchev–Trinajstić information content (AvgIpc) is 2.69. The lowest BCUT2D eigenvalue weighted by Gasteiger charge is -2.30. The van der Waals surface area contributed by atoms with Crippen molar-refractivity contribution in [3.05, 3.63) is 69.7 Å². The molecule has 0 saturated carbocycles. The molecule has 2 unspecified atom stereocenters. The number of hydrogen-bond acceptors (Lipinski definition) is 2. The van der Waals surface area contributed by atoms with Gasteiger partial charge in [0.2, 0.25) is 11.8 Å². The highest BCUT2D eigenvalue weighted by atomic mass is 35.5. The number of nitrogens with zero attached hydrogens (tertiary/aromatic N) is 1. The maximum Gasteiger partial charge on any atom is 0.242 e. The van der Waals surface area contributed by atoms with Gasteiger partial charge in [0.15, 0.2) is 0 Å². The first-order valence-corrected chi connectivity index (χ1v) is 10.5. The van der Waals surface area contributed by atoms with E-state index in [0.717, 1.165) is 23.1 Å². The molecule has 156 valence electrons. The van der Waals surface area contributed by atoms with Gasteiger partial charge in [0, 0.05) is 17.6 Å². The van der Waals surface area contributed by atoms with Crippen LogP contribution in [0.1, 0.15) is 49.4 Å². The Hall–Kier alpha value is -2.33. The number of aryl methyl sites for hydroxylation is 2. The Morgan fingerprint density at radius 1 is 1.07 bits per heavy atom. The Morgan fingerprint density at radius 2 is 1.76 bits per heavy atom. The Morgan fingerprint density at radius 3 is 2.38 bits per heavy atom. The molecule has 0 heterocycles. The van der Waals surface area contributed by atoms with E-state index in [1.54, 1.807) is 17.9 Å². The van der Waals surface area contributed by atoms with E-state index in [0.29, 0.717) is 11.6 Å². The number of carbonyl (C=O) groups is 2. The van der Waals surface area contributed by atoms with Crippen LogP contribution >= 0.6 is 11.6 Å². The van der Waals surface area contributed by atoms with E-state index < -0.39 is 6.04 Å². The maximum absolute atomic E-state index is 13.2. The molecule has 0 radical (unpaired) electrons. The fourth-order valence-electron chi connectivity index (χ4n) is 3.05. The molecule has 4 nitrogen and oxygen atoms in total. The fraction of sp³-hybridized carbons (Fsp3) is 0.417. The minimum absolute atomic E-state index is 0.0574. The van der Waals surface area contributed by atoms with Crippen molar-refractivity contribution < 1.29 is 9.59 Å². The number of carbonyl (C=O) groups excluding carboxylic acids is 2. The van der Waals surface area contributed by atoms with E-state index in [9.17, 15) is 9.59 Å². The summed E-state index contributed by atoms with van der Waals surface area (Å²) < 4.78 is 0. The summed E-state index contributed by atoms with van der Waals surface area (Å²) in [7, 11) is 0. The normalized spacial score (nSPS) is 12.9. The summed E-state index contributed by atoms with van der Waals surface area (Å²) in [5.74, 6) is -0.250. The van der Waals surface area contributed by atoms with E-state index >= 15 is 0 Å². The highest BCUT2D eigenvalue weighted by molar-refractivity contribution is 6.31. The van der Waals surface area contributed by atoms with Crippen molar-refractivity contribution in [2.75, 3.05) is 0 Å². The van der Waals surface area contributed by atoms with Crippen LogP contribution in [0.15, 0.2) is 42.5 Å². The van der Waals surface area contributed by atoms with E-state index in [2.05, 4.69) is 5.32 Å². The molecule has 0 aliphatic heterocycles. The van der Waals surface area contributed by atoms with Crippen LogP contribution in [-0.2, 0) is 22.6 Å². The van der Waals surface area contributed by atoms with Crippen molar-refractivity contribution in [1.82, 2.24) is 10.2 Å². The molecule has 1 N–H and O–H groups in total. The Bertz CT molecular complexity index is 866. The third kappa shape index (κ3) is 6.33. The number of hydrogen-bond donors (Lipinski definition) is 1. The van der Waals surface area contributed by atoms with Gasteiger partial charge in [-0.3, -0.25) is 9.59 Å². The molecule has 0 fully saturated rings. The van der Waals surface area contributed by atoms with Gasteiger partial charge < -0.3 is 10.2 Å². The number of benzene rings is 2. The molecule has 2 aromatic rings. The van der Waals surface area contributed by atoms with Crippen molar-refractivity contribution in [3.63, 3.8) is 0 Å². The quantitative estimate of drug-likeness (QED) is 0.672. The van der Waals surface area contributed by atoms with Gasteiger partial charge in [-0.05, 0) is 62.4 Å². The smallest absolute Gasteiger partial charge is 0.242 e. The Kier molecular flexibility index (Phi) is 8.27. The van der Waals surface area contributed by atoms with Crippen LogP contribution in [0.25, 0.3) is 0 Å². The summed E-state index contributed by atoms with van der Waals surface area (Å²) in [5, 5.41) is 3.57. The monoisotopic (exact) mass is 414 g/mol. The highest BCUT2D eigenvalue weighted by Crippen LogP contribution is 2.20. The van der Waals surface area contributed by atoms with Gasteiger partial charge in [-0.15, -0.1) is 0 Å². The Balaban J connectivity index is 2.27. The molecule has 2 atom stereocenters. The molecule has 0 spiro atoms. The van der Waals surface area contributed by atoms with Crippen molar-refractivity contribution in [2.45, 2.75) is 66.1 Å². The molecule has 0 aromatic heterocycles. The van der Waals surface area contributed by atoms with E-state index in [1.807, 2.05) is 64.1 Å². The lowest BCUT2D eigenvalue weighted by molar-refractivity contribution is -0.140. The van der Waals surface area contributed by atoms with E-state index in [4.69, 9.17) is 11.6 Å². The van der Waals surface area contributed by atoms with E-state index in [1.165, 1.54) is 5.56 Å². The Labute approximate surface area is 179 Å². The summed E-state index contributed by atoms with van der Waals surface area (Å²) in [6.45, 7) is 10.1. The minimum Gasteiger partial charge on any atom is -0.352 e. The van der Waals surface area contributed by atoms with Crippen LogP contribution in [0.3, 0.4) is 0 Å². The zero-order valence-electron chi connectivity index (χ0n) is 18.0. The average molecular weight is 415 g/mol. The summed E-state index contributed by atoms with van der Waals surface area (Å²) in [6, 6.07) is 12.9. The zero-order chi connectivity index (χ0) is 21.6. The first kappa shape index (κ1) is 23.0. The van der Waals surface area contributed by atoms with Gasteiger partial charge in [0.25, 0.3) is 0 Å². The molecule has 0 saturated heterocycles. The third-order valence-corrected chi connectivity index (χ3v) is 5.76. The van der Waals surface area contributed by atoms with Gasteiger partial charge in [-0.25, -0.2) is 0 Å².